The predicted octanol–water partition coefficient (Wildman–Crippen LogP) is 5.05. The summed E-state index contributed by atoms with van der Waals surface area (Å²) in [5.74, 6) is 1.72. The maximum atomic E-state index is 5.93. The first-order chi connectivity index (χ1) is 13.7. The number of benzene rings is 2. The van der Waals surface area contributed by atoms with Crippen molar-refractivity contribution in [2.75, 3.05) is 26.4 Å². The number of para-hydroxylation sites is 2. The van der Waals surface area contributed by atoms with Gasteiger partial charge in [0.05, 0.1) is 13.2 Å². The molecule has 0 saturated carbocycles. The van der Waals surface area contributed by atoms with Gasteiger partial charge in [-0.3, -0.25) is 0 Å². The van der Waals surface area contributed by atoms with Crippen LogP contribution >= 0.6 is 0 Å². The quantitative estimate of drug-likeness (QED) is 0.366. The Balaban J connectivity index is 1.43. The first-order valence-electron chi connectivity index (χ1n) is 9.58. The Hall–Kier alpha value is -2.85. The lowest BCUT2D eigenvalue weighted by Crippen LogP contribution is -2.13. The molecule has 0 spiro atoms. The molecular formula is C24H27NO3. The van der Waals surface area contributed by atoms with Crippen LogP contribution in [0.25, 0.3) is 10.9 Å². The van der Waals surface area contributed by atoms with Crippen molar-refractivity contribution in [2.45, 2.75) is 20.3 Å². The van der Waals surface area contributed by atoms with E-state index < -0.39 is 0 Å². The van der Waals surface area contributed by atoms with Crippen LogP contribution in [0.2, 0.25) is 0 Å². The van der Waals surface area contributed by atoms with Gasteiger partial charge < -0.3 is 14.2 Å². The van der Waals surface area contributed by atoms with E-state index in [2.05, 4.69) is 36.7 Å². The molecule has 0 saturated heterocycles. The molecule has 0 atom stereocenters. The summed E-state index contributed by atoms with van der Waals surface area (Å²) < 4.78 is 17.5. The highest BCUT2D eigenvalue weighted by molar-refractivity contribution is 5.84. The topological polar surface area (TPSA) is 40.6 Å². The van der Waals surface area contributed by atoms with E-state index in [-0.39, 0.29) is 0 Å². The largest absolute Gasteiger partial charge is 0.491 e. The number of pyridine rings is 1. The summed E-state index contributed by atoms with van der Waals surface area (Å²) in [6.45, 7) is 9.83. The highest BCUT2D eigenvalue weighted by Gasteiger charge is 2.06. The van der Waals surface area contributed by atoms with Crippen LogP contribution in [-0.4, -0.2) is 31.4 Å². The zero-order valence-electron chi connectivity index (χ0n) is 16.6. The summed E-state index contributed by atoms with van der Waals surface area (Å²) in [6.07, 6.45) is 2.68. The molecular weight excluding hydrogens is 350 g/mol. The summed E-state index contributed by atoms with van der Waals surface area (Å²) in [7, 11) is 0. The lowest BCUT2D eigenvalue weighted by atomic mass is 10.1. The van der Waals surface area contributed by atoms with Gasteiger partial charge in [-0.25, -0.2) is 4.98 Å². The summed E-state index contributed by atoms with van der Waals surface area (Å²) in [5.41, 5.74) is 4.14. The van der Waals surface area contributed by atoms with Crippen LogP contribution in [0, 0.1) is 13.8 Å². The molecule has 0 N–H and O–H groups in total. The van der Waals surface area contributed by atoms with E-state index in [9.17, 15) is 0 Å². The summed E-state index contributed by atoms with van der Waals surface area (Å²) >= 11 is 0. The van der Waals surface area contributed by atoms with E-state index in [1.807, 2.05) is 43.3 Å². The molecule has 0 radical (unpaired) electrons. The van der Waals surface area contributed by atoms with Gasteiger partial charge in [0.25, 0.3) is 0 Å². The van der Waals surface area contributed by atoms with Gasteiger partial charge in [-0.15, -0.1) is 6.58 Å². The van der Waals surface area contributed by atoms with Gasteiger partial charge in [0.1, 0.15) is 30.2 Å². The number of allylic oxidation sites excluding steroid dienone is 1. The summed E-state index contributed by atoms with van der Waals surface area (Å²) in [4.78, 5) is 4.58. The molecule has 0 aliphatic heterocycles. The second-order valence-electron chi connectivity index (χ2n) is 6.65. The number of fused-ring (bicyclic) bond motifs is 1. The molecule has 0 bridgehead atoms. The molecule has 1 heterocycles. The third-order valence-corrected chi connectivity index (χ3v) is 4.44. The van der Waals surface area contributed by atoms with Gasteiger partial charge in [-0.2, -0.15) is 0 Å². The van der Waals surface area contributed by atoms with E-state index in [0.29, 0.717) is 26.4 Å². The molecule has 0 aliphatic carbocycles. The Labute approximate surface area is 166 Å². The Morgan fingerprint density at radius 2 is 1.68 bits per heavy atom. The molecule has 28 heavy (non-hydrogen) atoms. The number of ether oxygens (including phenoxy) is 3. The zero-order valence-corrected chi connectivity index (χ0v) is 16.6. The van der Waals surface area contributed by atoms with Crippen LogP contribution < -0.4 is 9.47 Å². The zero-order chi connectivity index (χ0) is 19.8. The van der Waals surface area contributed by atoms with Crippen molar-refractivity contribution in [2.24, 2.45) is 0 Å². The fourth-order valence-corrected chi connectivity index (χ4v) is 3.09. The van der Waals surface area contributed by atoms with Crippen LogP contribution in [0.1, 0.15) is 16.8 Å². The lowest BCUT2D eigenvalue weighted by molar-refractivity contribution is 0.0764. The van der Waals surface area contributed by atoms with Gasteiger partial charge in [-0.1, -0.05) is 42.5 Å². The second-order valence-corrected chi connectivity index (χ2v) is 6.65. The highest BCUT2D eigenvalue weighted by atomic mass is 16.5. The minimum atomic E-state index is 0.473. The maximum absolute atomic E-state index is 5.93. The number of hydrogen-bond donors (Lipinski definition) is 0. The molecule has 4 heteroatoms. The highest BCUT2D eigenvalue weighted by Crippen LogP contribution is 2.25. The molecule has 0 amide bonds. The Morgan fingerprint density at radius 3 is 2.50 bits per heavy atom. The summed E-state index contributed by atoms with van der Waals surface area (Å²) in [5, 5.41) is 1.07. The molecule has 3 aromatic rings. The molecule has 0 unspecified atom stereocenters. The third-order valence-electron chi connectivity index (χ3n) is 4.44. The Kier molecular flexibility index (Phi) is 7.04. The minimum absolute atomic E-state index is 0.473. The smallest absolute Gasteiger partial charge is 0.145 e. The van der Waals surface area contributed by atoms with Crippen LogP contribution in [0.5, 0.6) is 11.5 Å². The Bertz CT molecular complexity index is 936. The number of hydrogen-bond acceptors (Lipinski definition) is 4. The average molecular weight is 377 g/mol. The second kappa shape index (κ2) is 9.90. The van der Waals surface area contributed by atoms with E-state index in [0.717, 1.165) is 45.6 Å². The van der Waals surface area contributed by atoms with Crippen LogP contribution in [0.3, 0.4) is 0 Å². The van der Waals surface area contributed by atoms with Crippen molar-refractivity contribution in [3.05, 3.63) is 78.0 Å². The number of rotatable bonds is 10. The van der Waals surface area contributed by atoms with Crippen LogP contribution in [0.15, 0.2) is 61.2 Å². The molecule has 4 nitrogen and oxygen atoms in total. The first kappa shape index (κ1) is 19.9. The standard InChI is InChI=1S/C24H27NO3/c1-4-7-21-10-5-8-18(2)24(21)28-17-15-26-14-16-27-22-11-6-9-20-13-12-19(3)25-23(20)22/h4-6,8-13H,1,7,14-17H2,2-3H3. The van der Waals surface area contributed by atoms with Gasteiger partial charge in [-0.05, 0) is 43.5 Å². The van der Waals surface area contributed by atoms with Crippen molar-refractivity contribution < 1.29 is 14.2 Å². The first-order valence-corrected chi connectivity index (χ1v) is 9.58. The van der Waals surface area contributed by atoms with E-state index in [4.69, 9.17) is 14.2 Å². The molecule has 2 aromatic carbocycles. The lowest BCUT2D eigenvalue weighted by Gasteiger charge is -2.14. The van der Waals surface area contributed by atoms with E-state index in [1.54, 1.807) is 0 Å². The van der Waals surface area contributed by atoms with Crippen molar-refractivity contribution in [1.29, 1.82) is 0 Å². The monoisotopic (exact) mass is 377 g/mol. The number of aromatic nitrogens is 1. The molecule has 3 rings (SSSR count). The van der Waals surface area contributed by atoms with Gasteiger partial charge in [0, 0.05) is 11.1 Å². The third kappa shape index (κ3) is 5.11. The number of aryl methyl sites for hydroxylation is 2. The molecule has 146 valence electrons. The van der Waals surface area contributed by atoms with Crippen molar-refractivity contribution in [1.82, 2.24) is 4.98 Å². The maximum Gasteiger partial charge on any atom is 0.145 e. The van der Waals surface area contributed by atoms with E-state index in [1.165, 1.54) is 0 Å². The summed E-state index contributed by atoms with van der Waals surface area (Å²) in [6, 6.07) is 16.2. The van der Waals surface area contributed by atoms with Gasteiger partial charge >= 0.3 is 0 Å². The minimum Gasteiger partial charge on any atom is -0.491 e. The van der Waals surface area contributed by atoms with Gasteiger partial charge in [0.15, 0.2) is 0 Å². The average Bonchev–Trinajstić information content (AvgIpc) is 2.69. The number of nitrogens with zero attached hydrogens (tertiary/aromatic N) is 1. The van der Waals surface area contributed by atoms with Crippen molar-refractivity contribution in [3.8, 4) is 11.5 Å². The van der Waals surface area contributed by atoms with Crippen molar-refractivity contribution >= 4 is 10.9 Å². The molecule has 0 fully saturated rings. The molecule has 1 aromatic heterocycles. The Morgan fingerprint density at radius 1 is 0.893 bits per heavy atom. The van der Waals surface area contributed by atoms with Crippen LogP contribution in [0.4, 0.5) is 0 Å². The fourth-order valence-electron chi connectivity index (χ4n) is 3.09. The molecule has 0 aliphatic rings. The fraction of sp³-hybridized carbons (Fsp3) is 0.292. The van der Waals surface area contributed by atoms with Crippen molar-refractivity contribution in [3.63, 3.8) is 0 Å². The van der Waals surface area contributed by atoms with Gasteiger partial charge in [0.2, 0.25) is 0 Å². The SMILES string of the molecule is C=CCc1cccc(C)c1OCCOCCOc1cccc2ccc(C)nc12. The predicted molar refractivity (Wildman–Crippen MR) is 113 cm³/mol. The normalized spacial score (nSPS) is 10.8. The van der Waals surface area contributed by atoms with E-state index >= 15 is 0 Å². The van der Waals surface area contributed by atoms with Crippen LogP contribution in [-0.2, 0) is 11.2 Å².